The molecule has 0 spiro atoms. The average molecular weight is 293 g/mol. The number of hydrogen-bond acceptors (Lipinski definition) is 3. The molecule has 1 fully saturated rings. The molecule has 0 radical (unpaired) electrons. The fourth-order valence-corrected chi connectivity index (χ4v) is 2.75. The van der Waals surface area contributed by atoms with Crippen LogP contribution in [0.15, 0.2) is 29.0 Å². The van der Waals surface area contributed by atoms with Gasteiger partial charge in [-0.1, -0.05) is 12.1 Å². The summed E-state index contributed by atoms with van der Waals surface area (Å²) < 4.78 is 6.82. The summed E-state index contributed by atoms with van der Waals surface area (Å²) in [5.74, 6) is 0. The largest absolute Gasteiger partial charge is 0.372 e. The minimum absolute atomic E-state index is 0.128. The normalized spacial score (nSPS) is 20.6. The maximum atomic E-state index is 5.81. The maximum absolute atomic E-state index is 5.81. The van der Waals surface area contributed by atoms with E-state index in [2.05, 4.69) is 32.0 Å². The zero-order chi connectivity index (χ0) is 11.7. The van der Waals surface area contributed by atoms with E-state index >= 15 is 0 Å². The summed E-state index contributed by atoms with van der Waals surface area (Å²) in [6.45, 7) is 0.837. The van der Waals surface area contributed by atoms with Crippen molar-refractivity contribution in [2.24, 2.45) is 0 Å². The third kappa shape index (κ3) is 2.07. The smallest absolute Gasteiger partial charge is 0.116 e. The molecule has 17 heavy (non-hydrogen) atoms. The Kier molecular flexibility index (Phi) is 3.07. The summed E-state index contributed by atoms with van der Waals surface area (Å²) in [4.78, 5) is 8.74. The fourth-order valence-electron chi connectivity index (χ4n) is 2.28. The monoisotopic (exact) mass is 292 g/mol. The van der Waals surface area contributed by atoms with Crippen LogP contribution in [-0.4, -0.2) is 16.6 Å². The Morgan fingerprint density at radius 2 is 2.18 bits per heavy atom. The molecule has 0 bridgehead atoms. The van der Waals surface area contributed by atoms with Crippen LogP contribution in [0, 0.1) is 0 Å². The van der Waals surface area contributed by atoms with Crippen LogP contribution in [0.4, 0.5) is 0 Å². The number of halogens is 1. The molecule has 88 valence electrons. The zero-order valence-corrected chi connectivity index (χ0v) is 11.0. The van der Waals surface area contributed by atoms with E-state index in [0.29, 0.717) is 0 Å². The SMILES string of the molecule is Brc1cccc2c(C3CCCCO3)ncnc12. The van der Waals surface area contributed by atoms with Gasteiger partial charge in [-0.05, 0) is 41.3 Å². The third-order valence-corrected chi connectivity index (χ3v) is 3.77. The lowest BCUT2D eigenvalue weighted by molar-refractivity contribution is 0.0132. The molecule has 0 aliphatic carbocycles. The van der Waals surface area contributed by atoms with Gasteiger partial charge in [0.05, 0.1) is 11.2 Å². The third-order valence-electron chi connectivity index (χ3n) is 3.13. The number of benzene rings is 1. The molecule has 1 aliphatic heterocycles. The number of hydrogen-bond donors (Lipinski definition) is 0. The highest BCUT2D eigenvalue weighted by atomic mass is 79.9. The van der Waals surface area contributed by atoms with Crippen molar-refractivity contribution in [2.75, 3.05) is 6.61 Å². The molecule has 0 N–H and O–H groups in total. The topological polar surface area (TPSA) is 35.0 Å². The van der Waals surface area contributed by atoms with Crippen molar-refractivity contribution in [3.05, 3.63) is 34.7 Å². The predicted octanol–water partition coefficient (Wildman–Crippen LogP) is 3.63. The van der Waals surface area contributed by atoms with Gasteiger partial charge in [-0.3, -0.25) is 0 Å². The Balaban J connectivity index is 2.12. The average Bonchev–Trinajstić information content (AvgIpc) is 2.40. The van der Waals surface area contributed by atoms with Crippen molar-refractivity contribution in [3.63, 3.8) is 0 Å². The zero-order valence-electron chi connectivity index (χ0n) is 9.40. The fraction of sp³-hybridized carbons (Fsp3) is 0.385. The summed E-state index contributed by atoms with van der Waals surface area (Å²) in [5.41, 5.74) is 1.99. The van der Waals surface area contributed by atoms with Crippen molar-refractivity contribution in [2.45, 2.75) is 25.4 Å². The van der Waals surface area contributed by atoms with Crippen molar-refractivity contribution < 1.29 is 4.74 Å². The maximum Gasteiger partial charge on any atom is 0.116 e. The molecule has 1 aliphatic rings. The van der Waals surface area contributed by atoms with E-state index in [9.17, 15) is 0 Å². The summed E-state index contributed by atoms with van der Waals surface area (Å²) in [6, 6.07) is 6.08. The van der Waals surface area contributed by atoms with Crippen molar-refractivity contribution >= 4 is 26.8 Å². The highest BCUT2D eigenvalue weighted by Crippen LogP contribution is 2.32. The van der Waals surface area contributed by atoms with Crippen LogP contribution in [0.5, 0.6) is 0 Å². The molecule has 1 saturated heterocycles. The van der Waals surface area contributed by atoms with Gasteiger partial charge in [0.1, 0.15) is 12.4 Å². The highest BCUT2D eigenvalue weighted by Gasteiger charge is 2.20. The number of fused-ring (bicyclic) bond motifs is 1. The minimum atomic E-state index is 0.128. The lowest BCUT2D eigenvalue weighted by atomic mass is 10.0. The second kappa shape index (κ2) is 4.70. The summed E-state index contributed by atoms with van der Waals surface area (Å²) >= 11 is 3.52. The summed E-state index contributed by atoms with van der Waals surface area (Å²) in [5, 5.41) is 1.09. The van der Waals surface area contributed by atoms with Gasteiger partial charge in [-0.25, -0.2) is 9.97 Å². The molecule has 3 nitrogen and oxygen atoms in total. The van der Waals surface area contributed by atoms with Gasteiger partial charge < -0.3 is 4.74 Å². The first-order chi connectivity index (χ1) is 8.36. The van der Waals surface area contributed by atoms with Crippen LogP contribution in [0.25, 0.3) is 10.9 Å². The quantitative estimate of drug-likeness (QED) is 0.805. The van der Waals surface area contributed by atoms with Crippen molar-refractivity contribution in [1.29, 1.82) is 0 Å². The van der Waals surface area contributed by atoms with Crippen molar-refractivity contribution in [1.82, 2.24) is 9.97 Å². The second-order valence-electron chi connectivity index (χ2n) is 4.25. The first-order valence-corrected chi connectivity index (χ1v) is 6.66. The van der Waals surface area contributed by atoms with Gasteiger partial charge in [0.2, 0.25) is 0 Å². The molecule has 4 heteroatoms. The van der Waals surface area contributed by atoms with E-state index in [4.69, 9.17) is 4.74 Å². The van der Waals surface area contributed by atoms with E-state index in [1.165, 1.54) is 6.42 Å². The Hall–Kier alpha value is -1.00. The Morgan fingerprint density at radius 1 is 1.24 bits per heavy atom. The Bertz CT molecular complexity index is 538. The van der Waals surface area contributed by atoms with Gasteiger partial charge in [-0.15, -0.1) is 0 Å². The first kappa shape index (κ1) is 11.1. The van der Waals surface area contributed by atoms with Gasteiger partial charge in [0.15, 0.2) is 0 Å². The standard InChI is InChI=1S/C13H13BrN2O/c14-10-5-3-4-9-12(10)15-8-16-13(9)11-6-1-2-7-17-11/h3-5,8,11H,1-2,6-7H2. The van der Waals surface area contributed by atoms with Gasteiger partial charge in [0, 0.05) is 16.5 Å². The van der Waals surface area contributed by atoms with Crippen LogP contribution in [-0.2, 0) is 4.74 Å². The van der Waals surface area contributed by atoms with E-state index in [1.807, 2.05) is 12.1 Å². The van der Waals surface area contributed by atoms with Crippen LogP contribution >= 0.6 is 15.9 Å². The Morgan fingerprint density at radius 3 is 3.00 bits per heavy atom. The van der Waals surface area contributed by atoms with E-state index in [-0.39, 0.29) is 6.10 Å². The molecule has 2 heterocycles. The number of aromatic nitrogens is 2. The molecule has 0 saturated carbocycles. The number of ether oxygens (including phenoxy) is 1. The van der Waals surface area contributed by atoms with E-state index in [1.54, 1.807) is 6.33 Å². The Labute approximate surface area is 108 Å². The van der Waals surface area contributed by atoms with Gasteiger partial charge in [-0.2, -0.15) is 0 Å². The number of para-hydroxylation sites is 1. The van der Waals surface area contributed by atoms with Crippen LogP contribution in [0.3, 0.4) is 0 Å². The van der Waals surface area contributed by atoms with Gasteiger partial charge in [0.25, 0.3) is 0 Å². The number of nitrogens with zero attached hydrogens (tertiary/aromatic N) is 2. The van der Waals surface area contributed by atoms with Crippen LogP contribution < -0.4 is 0 Å². The predicted molar refractivity (Wildman–Crippen MR) is 69.8 cm³/mol. The van der Waals surface area contributed by atoms with Crippen LogP contribution in [0.2, 0.25) is 0 Å². The molecule has 3 rings (SSSR count). The molecule has 0 amide bonds. The minimum Gasteiger partial charge on any atom is -0.372 e. The molecular formula is C13H13BrN2O. The van der Waals surface area contributed by atoms with Crippen molar-refractivity contribution in [3.8, 4) is 0 Å². The summed E-state index contributed by atoms with van der Waals surface area (Å²) in [6.07, 6.45) is 5.18. The highest BCUT2D eigenvalue weighted by molar-refractivity contribution is 9.10. The summed E-state index contributed by atoms with van der Waals surface area (Å²) in [7, 11) is 0. The molecule has 1 aromatic heterocycles. The lowest BCUT2D eigenvalue weighted by Gasteiger charge is -2.22. The molecular weight excluding hydrogens is 280 g/mol. The second-order valence-corrected chi connectivity index (χ2v) is 5.10. The van der Waals surface area contributed by atoms with E-state index in [0.717, 1.165) is 40.5 Å². The molecule has 1 atom stereocenters. The molecule has 1 unspecified atom stereocenters. The van der Waals surface area contributed by atoms with Gasteiger partial charge >= 0.3 is 0 Å². The molecule has 2 aromatic rings. The van der Waals surface area contributed by atoms with Crippen LogP contribution in [0.1, 0.15) is 31.1 Å². The first-order valence-electron chi connectivity index (χ1n) is 5.87. The molecule has 1 aromatic carbocycles. The number of rotatable bonds is 1. The lowest BCUT2D eigenvalue weighted by Crippen LogP contribution is -2.13. The van der Waals surface area contributed by atoms with E-state index < -0.39 is 0 Å².